The van der Waals surface area contributed by atoms with Crippen molar-refractivity contribution in [1.29, 1.82) is 0 Å². The second kappa shape index (κ2) is 9.99. The van der Waals surface area contributed by atoms with Crippen molar-refractivity contribution in [2.75, 3.05) is 16.9 Å². The molecule has 1 aliphatic heterocycles. The van der Waals surface area contributed by atoms with Gasteiger partial charge in [0.15, 0.2) is 0 Å². The van der Waals surface area contributed by atoms with Crippen molar-refractivity contribution in [2.24, 2.45) is 0 Å². The van der Waals surface area contributed by atoms with Crippen LogP contribution in [0.1, 0.15) is 22.8 Å². The van der Waals surface area contributed by atoms with Gasteiger partial charge in [0.2, 0.25) is 0 Å². The maximum Gasteiger partial charge on any atom is 0.446 e. The van der Waals surface area contributed by atoms with E-state index in [2.05, 4.69) is 15.2 Å². The number of anilines is 2. The van der Waals surface area contributed by atoms with Gasteiger partial charge >= 0.3 is 5.51 Å². The monoisotopic (exact) mass is 504 g/mol. The van der Waals surface area contributed by atoms with Gasteiger partial charge in [-0.15, -0.1) is 0 Å². The number of halogens is 4. The van der Waals surface area contributed by atoms with Crippen molar-refractivity contribution < 1.29 is 18.0 Å². The maximum absolute atomic E-state index is 12.6. The molecule has 0 saturated heterocycles. The Balaban J connectivity index is 1.38. The molecular weight excluding hydrogens is 485 g/mol. The third-order valence-corrected chi connectivity index (χ3v) is 6.10. The summed E-state index contributed by atoms with van der Waals surface area (Å²) in [6.45, 7) is 3.10. The summed E-state index contributed by atoms with van der Waals surface area (Å²) in [4.78, 5) is 20.9. The lowest BCUT2D eigenvalue weighted by atomic mass is 10.2. The summed E-state index contributed by atoms with van der Waals surface area (Å²) >= 11 is 5.74. The summed E-state index contributed by atoms with van der Waals surface area (Å²) in [6, 6.07) is 16.6. The second-order valence-electron chi connectivity index (χ2n) is 7.63. The van der Waals surface area contributed by atoms with Gasteiger partial charge in [0.05, 0.1) is 6.67 Å². The molecule has 5 nitrogen and oxygen atoms in total. The third kappa shape index (κ3) is 6.24. The van der Waals surface area contributed by atoms with E-state index in [0.29, 0.717) is 29.6 Å². The number of thioether (sulfide) groups is 1. The number of carbonyl (C=O) groups is 1. The van der Waals surface area contributed by atoms with Crippen LogP contribution in [-0.4, -0.2) is 28.0 Å². The van der Waals surface area contributed by atoms with Crippen molar-refractivity contribution >= 4 is 40.8 Å². The number of alkyl halides is 3. The Morgan fingerprint density at radius 1 is 1.12 bits per heavy atom. The molecular formula is C24H20ClF3N4OS. The fraction of sp³-hybridized carbons (Fsp3) is 0.167. The van der Waals surface area contributed by atoms with Gasteiger partial charge in [0, 0.05) is 45.8 Å². The van der Waals surface area contributed by atoms with Crippen LogP contribution in [-0.2, 0) is 6.54 Å². The number of nitrogens with one attached hydrogen (secondary N) is 1. The zero-order valence-corrected chi connectivity index (χ0v) is 19.6. The topological polar surface area (TPSA) is 48.5 Å². The molecule has 2 heterocycles. The Labute approximate surface area is 204 Å². The smallest absolute Gasteiger partial charge is 0.351 e. The lowest BCUT2D eigenvalue weighted by Crippen LogP contribution is -2.26. The van der Waals surface area contributed by atoms with E-state index in [1.54, 1.807) is 42.6 Å². The molecule has 0 spiro atoms. The minimum atomic E-state index is -4.31. The Morgan fingerprint density at radius 3 is 2.50 bits per heavy atom. The van der Waals surface area contributed by atoms with Gasteiger partial charge in [-0.05, 0) is 84.9 Å². The number of carbonyl (C=O) groups excluding carboxylic acids is 1. The van der Waals surface area contributed by atoms with E-state index in [9.17, 15) is 18.0 Å². The van der Waals surface area contributed by atoms with Crippen molar-refractivity contribution in [2.45, 2.75) is 23.9 Å². The molecule has 0 unspecified atom stereocenters. The van der Waals surface area contributed by atoms with E-state index in [0.717, 1.165) is 16.9 Å². The average molecular weight is 505 g/mol. The predicted octanol–water partition coefficient (Wildman–Crippen LogP) is 6.74. The minimum absolute atomic E-state index is 0.127. The van der Waals surface area contributed by atoms with Crippen LogP contribution in [0.25, 0.3) is 0 Å². The van der Waals surface area contributed by atoms with Crippen molar-refractivity contribution in [3.63, 3.8) is 0 Å². The van der Waals surface area contributed by atoms with E-state index in [1.165, 1.54) is 12.1 Å². The molecule has 0 fully saturated rings. The molecule has 0 radical (unpaired) electrons. The first kappa shape index (κ1) is 24.0. The van der Waals surface area contributed by atoms with Crippen LogP contribution in [0.15, 0.2) is 83.7 Å². The zero-order valence-electron chi connectivity index (χ0n) is 18.0. The highest BCUT2D eigenvalue weighted by atomic mass is 35.5. The number of hydrogen-bond acceptors (Lipinski definition) is 5. The van der Waals surface area contributed by atoms with E-state index < -0.39 is 5.51 Å². The number of rotatable bonds is 6. The first-order valence-corrected chi connectivity index (χ1v) is 11.4. The van der Waals surface area contributed by atoms with Gasteiger partial charge in [-0.1, -0.05) is 11.6 Å². The summed E-state index contributed by atoms with van der Waals surface area (Å²) < 4.78 is 37.7. The van der Waals surface area contributed by atoms with Crippen LogP contribution in [0.3, 0.4) is 0 Å². The number of hydrogen-bond donors (Lipinski definition) is 1. The SMILES string of the molecule is CC1=CN(c2ccc(SC(F)(F)F)cc2)CN1Cc1ccnc(NC(=O)c2ccc(Cl)cc2)c1. The highest BCUT2D eigenvalue weighted by Gasteiger charge is 2.29. The standard InChI is InChI=1S/C24H20ClF3N4OS/c1-16-13-32(20-6-8-21(9-7-20)34-24(26,27)28)15-31(16)14-17-10-11-29-22(12-17)30-23(33)18-2-4-19(25)5-3-18/h2-13H,14-15H2,1H3,(H,29,30,33). The largest absolute Gasteiger partial charge is 0.446 e. The number of benzene rings is 2. The van der Waals surface area contributed by atoms with Crippen LogP contribution in [0.5, 0.6) is 0 Å². The summed E-state index contributed by atoms with van der Waals surface area (Å²) in [5, 5.41) is 3.34. The molecule has 1 N–H and O–H groups in total. The van der Waals surface area contributed by atoms with Crippen LogP contribution < -0.4 is 10.2 Å². The quantitative estimate of drug-likeness (QED) is 0.377. The number of amides is 1. The van der Waals surface area contributed by atoms with Gasteiger partial charge in [0.25, 0.3) is 5.91 Å². The molecule has 1 aliphatic rings. The van der Waals surface area contributed by atoms with E-state index >= 15 is 0 Å². The molecule has 1 aromatic heterocycles. The highest BCUT2D eigenvalue weighted by Crippen LogP contribution is 2.37. The second-order valence-corrected chi connectivity index (χ2v) is 9.21. The van der Waals surface area contributed by atoms with E-state index in [1.807, 2.05) is 30.2 Å². The molecule has 0 atom stereocenters. The summed E-state index contributed by atoms with van der Waals surface area (Å²) in [5.41, 5.74) is -1.06. The number of pyridine rings is 1. The van der Waals surface area contributed by atoms with Gasteiger partial charge in [0.1, 0.15) is 5.82 Å². The molecule has 4 rings (SSSR count). The van der Waals surface area contributed by atoms with Crippen LogP contribution >= 0.6 is 23.4 Å². The first-order chi connectivity index (χ1) is 16.2. The maximum atomic E-state index is 12.6. The zero-order chi connectivity index (χ0) is 24.3. The third-order valence-electron chi connectivity index (χ3n) is 5.11. The predicted molar refractivity (Wildman–Crippen MR) is 129 cm³/mol. The Morgan fingerprint density at radius 2 is 1.82 bits per heavy atom. The van der Waals surface area contributed by atoms with Gasteiger partial charge in [-0.2, -0.15) is 13.2 Å². The highest BCUT2D eigenvalue weighted by molar-refractivity contribution is 8.00. The molecule has 3 aromatic rings. The fourth-order valence-corrected chi connectivity index (χ4v) is 4.13. The normalized spacial score (nSPS) is 13.7. The van der Waals surface area contributed by atoms with E-state index in [4.69, 9.17) is 11.6 Å². The average Bonchev–Trinajstić information content (AvgIpc) is 3.14. The van der Waals surface area contributed by atoms with Crippen LogP contribution in [0.4, 0.5) is 24.7 Å². The molecule has 10 heteroatoms. The van der Waals surface area contributed by atoms with Crippen LogP contribution in [0.2, 0.25) is 5.02 Å². The Bertz CT molecular complexity index is 1200. The molecule has 0 saturated carbocycles. The molecule has 1 amide bonds. The van der Waals surface area contributed by atoms with Gasteiger partial charge < -0.3 is 15.1 Å². The molecule has 0 aliphatic carbocycles. The van der Waals surface area contributed by atoms with Gasteiger partial charge in [-0.3, -0.25) is 4.79 Å². The lowest BCUT2D eigenvalue weighted by Gasteiger charge is -2.23. The number of aromatic nitrogens is 1. The lowest BCUT2D eigenvalue weighted by molar-refractivity contribution is -0.0328. The van der Waals surface area contributed by atoms with Crippen molar-refractivity contribution in [3.05, 3.63) is 94.9 Å². The Kier molecular flexibility index (Phi) is 7.04. The minimum Gasteiger partial charge on any atom is -0.351 e. The van der Waals surface area contributed by atoms with E-state index in [-0.39, 0.29) is 22.6 Å². The summed E-state index contributed by atoms with van der Waals surface area (Å²) in [7, 11) is 0. The Hall–Kier alpha value is -3.17. The molecule has 0 bridgehead atoms. The number of allylic oxidation sites excluding steroid dienone is 1. The van der Waals surface area contributed by atoms with Crippen molar-refractivity contribution in [1.82, 2.24) is 9.88 Å². The van der Waals surface area contributed by atoms with Crippen molar-refractivity contribution in [3.8, 4) is 0 Å². The first-order valence-electron chi connectivity index (χ1n) is 10.2. The molecule has 2 aromatic carbocycles. The fourth-order valence-electron chi connectivity index (χ4n) is 3.46. The van der Waals surface area contributed by atoms with Crippen LogP contribution in [0, 0.1) is 0 Å². The summed E-state index contributed by atoms with van der Waals surface area (Å²) in [6.07, 6.45) is 3.59. The van der Waals surface area contributed by atoms with Gasteiger partial charge in [-0.25, -0.2) is 4.98 Å². The number of nitrogens with zero attached hydrogens (tertiary/aromatic N) is 3. The summed E-state index contributed by atoms with van der Waals surface area (Å²) in [5.74, 6) is 0.157. The molecule has 176 valence electrons. The molecule has 34 heavy (non-hydrogen) atoms.